The summed E-state index contributed by atoms with van der Waals surface area (Å²) in [5.74, 6) is 2.20. The van der Waals surface area contributed by atoms with Crippen LogP contribution in [0.25, 0.3) is 0 Å². The summed E-state index contributed by atoms with van der Waals surface area (Å²) in [7, 11) is 0. The summed E-state index contributed by atoms with van der Waals surface area (Å²) in [6.45, 7) is 5.39. The fourth-order valence-electron chi connectivity index (χ4n) is 2.26. The minimum absolute atomic E-state index is 0.796. The van der Waals surface area contributed by atoms with E-state index in [2.05, 4.69) is 44.5 Å². The van der Waals surface area contributed by atoms with Gasteiger partial charge in [0.1, 0.15) is 11.6 Å². The number of rotatable bonds is 10. The van der Waals surface area contributed by atoms with Crippen molar-refractivity contribution in [1.29, 1.82) is 0 Å². The van der Waals surface area contributed by atoms with Crippen molar-refractivity contribution in [2.45, 2.75) is 77.1 Å². The molecule has 1 heterocycles. The summed E-state index contributed by atoms with van der Waals surface area (Å²) in [6.07, 6.45) is 10.5. The molecule has 0 aromatic carbocycles. The molecule has 4 heteroatoms. The lowest BCUT2D eigenvalue weighted by Gasteiger charge is -2.05. The number of nitrogens with zero attached hydrogens (tertiary/aromatic N) is 3. The Balaban J connectivity index is 2.21. The largest absolute Gasteiger partial charge is 0.315 e. The van der Waals surface area contributed by atoms with Gasteiger partial charge < -0.3 is 4.57 Å². The maximum Gasteiger partial charge on any atom is 0.143 e. The van der Waals surface area contributed by atoms with Crippen molar-refractivity contribution in [3.8, 4) is 0 Å². The summed E-state index contributed by atoms with van der Waals surface area (Å²) >= 11 is 3.46. The van der Waals surface area contributed by atoms with Gasteiger partial charge in [0.15, 0.2) is 0 Å². The van der Waals surface area contributed by atoms with Crippen molar-refractivity contribution in [3.05, 3.63) is 11.6 Å². The molecule has 0 aliphatic rings. The van der Waals surface area contributed by atoms with Crippen LogP contribution in [0.1, 0.15) is 70.4 Å². The monoisotopic (exact) mass is 315 g/mol. The van der Waals surface area contributed by atoms with Crippen molar-refractivity contribution < 1.29 is 0 Å². The first kappa shape index (κ1) is 15.7. The van der Waals surface area contributed by atoms with Crippen LogP contribution in [-0.2, 0) is 18.3 Å². The van der Waals surface area contributed by atoms with Crippen LogP contribution in [0.5, 0.6) is 0 Å². The Morgan fingerprint density at radius 3 is 2.11 bits per heavy atom. The molecule has 0 N–H and O–H groups in total. The molecule has 0 unspecified atom stereocenters. The second-order valence-electron chi connectivity index (χ2n) is 4.78. The standard InChI is InChI=1S/C14H26BrN3/c1-3-5-6-7-8-9-10-11-13-16-17-14(12-15)18(13)4-2/h3-12H2,1-2H3. The van der Waals surface area contributed by atoms with E-state index in [4.69, 9.17) is 0 Å². The highest BCUT2D eigenvalue weighted by Gasteiger charge is 2.08. The molecule has 0 aliphatic heterocycles. The Kier molecular flexibility index (Phi) is 8.31. The predicted molar refractivity (Wildman–Crippen MR) is 80.0 cm³/mol. The van der Waals surface area contributed by atoms with Crippen LogP contribution in [0.4, 0.5) is 0 Å². The molecule has 1 aromatic heterocycles. The Morgan fingerprint density at radius 2 is 1.50 bits per heavy atom. The molecular formula is C14H26BrN3. The third-order valence-electron chi connectivity index (χ3n) is 3.34. The van der Waals surface area contributed by atoms with E-state index in [9.17, 15) is 0 Å². The summed E-state index contributed by atoms with van der Waals surface area (Å²) < 4.78 is 2.23. The highest BCUT2D eigenvalue weighted by atomic mass is 79.9. The molecule has 1 aromatic rings. The topological polar surface area (TPSA) is 30.7 Å². The first-order chi connectivity index (χ1) is 8.83. The number of unbranched alkanes of at least 4 members (excludes halogenated alkanes) is 6. The van der Waals surface area contributed by atoms with Crippen molar-refractivity contribution in [2.24, 2.45) is 0 Å². The summed E-state index contributed by atoms with van der Waals surface area (Å²) in [6, 6.07) is 0. The maximum atomic E-state index is 4.29. The van der Waals surface area contributed by atoms with Crippen LogP contribution in [-0.4, -0.2) is 14.8 Å². The van der Waals surface area contributed by atoms with Gasteiger partial charge in [-0.3, -0.25) is 0 Å². The molecule has 0 bridgehead atoms. The molecule has 1 rings (SSSR count). The average Bonchev–Trinajstić information content (AvgIpc) is 2.79. The van der Waals surface area contributed by atoms with Crippen LogP contribution in [0.2, 0.25) is 0 Å². The number of aromatic nitrogens is 3. The first-order valence-electron chi connectivity index (χ1n) is 7.30. The Labute approximate surface area is 120 Å². The van der Waals surface area contributed by atoms with Gasteiger partial charge in [-0.1, -0.05) is 61.4 Å². The third kappa shape index (κ3) is 5.09. The Hall–Kier alpha value is -0.380. The van der Waals surface area contributed by atoms with E-state index in [0.29, 0.717) is 0 Å². The number of hydrogen-bond acceptors (Lipinski definition) is 2. The lowest BCUT2D eigenvalue weighted by Crippen LogP contribution is -2.05. The van der Waals surface area contributed by atoms with Crippen LogP contribution >= 0.6 is 15.9 Å². The van der Waals surface area contributed by atoms with Crippen molar-refractivity contribution in [1.82, 2.24) is 14.8 Å². The van der Waals surface area contributed by atoms with E-state index in [1.807, 2.05) is 0 Å². The van der Waals surface area contributed by atoms with Crippen LogP contribution in [0.15, 0.2) is 0 Å². The minimum atomic E-state index is 0.796. The summed E-state index contributed by atoms with van der Waals surface area (Å²) in [5.41, 5.74) is 0. The molecule has 3 nitrogen and oxygen atoms in total. The Morgan fingerprint density at radius 1 is 0.889 bits per heavy atom. The molecule has 0 saturated heterocycles. The molecule has 0 radical (unpaired) electrons. The highest BCUT2D eigenvalue weighted by molar-refractivity contribution is 9.08. The van der Waals surface area contributed by atoms with E-state index in [1.54, 1.807) is 0 Å². The van der Waals surface area contributed by atoms with Gasteiger partial charge in [-0.25, -0.2) is 0 Å². The number of aryl methyl sites for hydroxylation is 1. The second-order valence-corrected chi connectivity index (χ2v) is 5.34. The number of alkyl halides is 1. The average molecular weight is 316 g/mol. The van der Waals surface area contributed by atoms with Gasteiger partial charge in [0.2, 0.25) is 0 Å². The van der Waals surface area contributed by atoms with Gasteiger partial charge >= 0.3 is 0 Å². The van der Waals surface area contributed by atoms with E-state index in [0.717, 1.165) is 29.9 Å². The molecular weight excluding hydrogens is 290 g/mol. The van der Waals surface area contributed by atoms with Crippen molar-refractivity contribution >= 4 is 15.9 Å². The molecule has 0 saturated carbocycles. The van der Waals surface area contributed by atoms with E-state index in [-0.39, 0.29) is 0 Å². The number of hydrogen-bond donors (Lipinski definition) is 0. The van der Waals surface area contributed by atoms with Gasteiger partial charge in [-0.15, -0.1) is 10.2 Å². The van der Waals surface area contributed by atoms with Gasteiger partial charge in [0.05, 0.1) is 5.33 Å². The van der Waals surface area contributed by atoms with Crippen molar-refractivity contribution in [2.75, 3.05) is 0 Å². The second kappa shape index (κ2) is 9.54. The van der Waals surface area contributed by atoms with Crippen LogP contribution in [0.3, 0.4) is 0 Å². The quantitative estimate of drug-likeness (QED) is 0.470. The van der Waals surface area contributed by atoms with Crippen LogP contribution < -0.4 is 0 Å². The first-order valence-corrected chi connectivity index (χ1v) is 8.42. The minimum Gasteiger partial charge on any atom is -0.315 e. The molecule has 0 fully saturated rings. The van der Waals surface area contributed by atoms with E-state index in [1.165, 1.54) is 44.9 Å². The van der Waals surface area contributed by atoms with Gasteiger partial charge in [-0.2, -0.15) is 0 Å². The zero-order valence-electron chi connectivity index (χ0n) is 11.8. The van der Waals surface area contributed by atoms with E-state index >= 15 is 0 Å². The van der Waals surface area contributed by atoms with Gasteiger partial charge in [-0.05, 0) is 13.3 Å². The zero-order chi connectivity index (χ0) is 13.2. The Bertz CT molecular complexity index is 323. The fraction of sp³-hybridized carbons (Fsp3) is 0.857. The zero-order valence-corrected chi connectivity index (χ0v) is 13.4. The lowest BCUT2D eigenvalue weighted by atomic mass is 10.1. The molecule has 0 atom stereocenters. The third-order valence-corrected chi connectivity index (χ3v) is 3.85. The summed E-state index contributed by atoms with van der Waals surface area (Å²) in [4.78, 5) is 0. The highest BCUT2D eigenvalue weighted by Crippen LogP contribution is 2.12. The molecule has 0 spiro atoms. The van der Waals surface area contributed by atoms with Crippen LogP contribution in [0, 0.1) is 0 Å². The van der Waals surface area contributed by atoms with Gasteiger partial charge in [0, 0.05) is 13.0 Å². The smallest absolute Gasteiger partial charge is 0.143 e. The molecule has 104 valence electrons. The molecule has 0 aliphatic carbocycles. The summed E-state index contributed by atoms with van der Waals surface area (Å²) in [5, 5.41) is 9.30. The lowest BCUT2D eigenvalue weighted by molar-refractivity contribution is 0.573. The maximum absolute atomic E-state index is 4.29. The number of halogens is 1. The fourth-order valence-corrected chi connectivity index (χ4v) is 2.68. The SMILES string of the molecule is CCCCCCCCCc1nnc(CBr)n1CC. The normalized spacial score (nSPS) is 11.1. The van der Waals surface area contributed by atoms with E-state index < -0.39 is 0 Å². The molecule has 0 amide bonds. The van der Waals surface area contributed by atoms with Gasteiger partial charge in [0.25, 0.3) is 0 Å². The molecule has 18 heavy (non-hydrogen) atoms. The van der Waals surface area contributed by atoms with Crippen molar-refractivity contribution in [3.63, 3.8) is 0 Å². The predicted octanol–water partition coefficient (Wildman–Crippen LogP) is 4.49.